The number of nitrogens with one attached hydrogen (secondary N) is 2. The minimum absolute atomic E-state index is 0.0177. The van der Waals surface area contributed by atoms with E-state index >= 15 is 0 Å². The summed E-state index contributed by atoms with van der Waals surface area (Å²) in [6, 6.07) is 15.1. The standard InChI is InChI=1S/C19H21FN2O3S/c20-18-8-6-17(7-9-18)10-13-21-19(23)11-14-22-26(24,25)15-12-16-4-2-1-3-5-16/h1-9,12,15,22H,10-11,13-14H2,(H,21,23)/b15-12+. The van der Waals surface area contributed by atoms with Gasteiger partial charge in [0.05, 0.1) is 0 Å². The van der Waals surface area contributed by atoms with Crippen LogP contribution in [0, 0.1) is 5.82 Å². The van der Waals surface area contributed by atoms with Crippen molar-refractivity contribution in [3.63, 3.8) is 0 Å². The van der Waals surface area contributed by atoms with Gasteiger partial charge in [-0.05, 0) is 35.8 Å². The average molecular weight is 376 g/mol. The van der Waals surface area contributed by atoms with E-state index in [0.717, 1.165) is 16.5 Å². The first-order chi connectivity index (χ1) is 12.4. The second-order valence-electron chi connectivity index (χ2n) is 5.63. The molecule has 0 heterocycles. The second kappa shape index (κ2) is 9.84. The van der Waals surface area contributed by atoms with Gasteiger partial charge in [0, 0.05) is 24.9 Å². The molecule has 0 saturated carbocycles. The highest BCUT2D eigenvalue weighted by Crippen LogP contribution is 2.03. The predicted octanol–water partition coefficient (Wildman–Crippen LogP) is 2.46. The van der Waals surface area contributed by atoms with E-state index in [1.54, 1.807) is 24.3 Å². The van der Waals surface area contributed by atoms with Gasteiger partial charge in [-0.2, -0.15) is 0 Å². The lowest BCUT2D eigenvalue weighted by Crippen LogP contribution is -2.30. The first kappa shape index (κ1) is 19.8. The van der Waals surface area contributed by atoms with E-state index in [0.29, 0.717) is 13.0 Å². The summed E-state index contributed by atoms with van der Waals surface area (Å²) in [5.74, 6) is -0.548. The molecular weight excluding hydrogens is 355 g/mol. The fraction of sp³-hybridized carbons (Fsp3) is 0.211. The van der Waals surface area contributed by atoms with Crippen LogP contribution >= 0.6 is 0 Å². The van der Waals surface area contributed by atoms with Gasteiger partial charge in [-0.15, -0.1) is 0 Å². The van der Waals surface area contributed by atoms with Crippen molar-refractivity contribution in [1.82, 2.24) is 10.0 Å². The lowest BCUT2D eigenvalue weighted by atomic mass is 10.1. The molecule has 0 atom stereocenters. The van der Waals surface area contributed by atoms with Gasteiger partial charge in [-0.3, -0.25) is 4.79 Å². The van der Waals surface area contributed by atoms with Crippen molar-refractivity contribution in [2.45, 2.75) is 12.8 Å². The van der Waals surface area contributed by atoms with Gasteiger partial charge in [0.2, 0.25) is 15.9 Å². The number of carbonyl (C=O) groups excluding carboxylic acids is 1. The predicted molar refractivity (Wildman–Crippen MR) is 100 cm³/mol. The highest BCUT2D eigenvalue weighted by molar-refractivity contribution is 7.92. The van der Waals surface area contributed by atoms with Crippen LogP contribution in [0.4, 0.5) is 4.39 Å². The van der Waals surface area contributed by atoms with Gasteiger partial charge in [-0.1, -0.05) is 42.5 Å². The Kier molecular flexibility index (Phi) is 7.50. The molecule has 0 aromatic heterocycles. The first-order valence-electron chi connectivity index (χ1n) is 8.18. The molecule has 2 N–H and O–H groups in total. The average Bonchev–Trinajstić information content (AvgIpc) is 2.62. The van der Waals surface area contributed by atoms with Crippen molar-refractivity contribution in [2.75, 3.05) is 13.1 Å². The number of amides is 1. The molecule has 2 rings (SSSR count). The van der Waals surface area contributed by atoms with Crippen LogP contribution in [0.15, 0.2) is 60.0 Å². The minimum Gasteiger partial charge on any atom is -0.356 e. The Balaban J connectivity index is 1.67. The maximum absolute atomic E-state index is 12.8. The van der Waals surface area contributed by atoms with Gasteiger partial charge in [0.25, 0.3) is 0 Å². The number of hydrogen-bond donors (Lipinski definition) is 2. The van der Waals surface area contributed by atoms with E-state index in [1.807, 2.05) is 18.2 Å². The van der Waals surface area contributed by atoms with Crippen molar-refractivity contribution in [3.8, 4) is 0 Å². The maximum atomic E-state index is 12.8. The molecule has 7 heteroatoms. The minimum atomic E-state index is -3.59. The molecule has 0 spiro atoms. The van der Waals surface area contributed by atoms with Crippen molar-refractivity contribution >= 4 is 22.0 Å². The first-order valence-corrected chi connectivity index (χ1v) is 9.73. The Morgan fingerprint density at radius 3 is 2.38 bits per heavy atom. The number of hydrogen-bond acceptors (Lipinski definition) is 3. The molecule has 26 heavy (non-hydrogen) atoms. The summed E-state index contributed by atoms with van der Waals surface area (Å²) in [6.07, 6.45) is 2.12. The Bertz CT molecular complexity index is 835. The third-order valence-corrected chi connectivity index (χ3v) is 4.64. The van der Waals surface area contributed by atoms with Gasteiger partial charge < -0.3 is 5.32 Å². The molecule has 0 aliphatic heterocycles. The topological polar surface area (TPSA) is 75.3 Å². The van der Waals surface area contributed by atoms with E-state index in [4.69, 9.17) is 0 Å². The molecule has 2 aromatic carbocycles. The van der Waals surface area contributed by atoms with Crippen LogP contribution in [-0.2, 0) is 21.2 Å². The zero-order chi connectivity index (χ0) is 18.8. The summed E-state index contributed by atoms with van der Waals surface area (Å²) in [5, 5.41) is 3.78. The Morgan fingerprint density at radius 2 is 1.69 bits per heavy atom. The maximum Gasteiger partial charge on any atom is 0.233 e. The third-order valence-electron chi connectivity index (χ3n) is 3.54. The van der Waals surface area contributed by atoms with Gasteiger partial charge in [-0.25, -0.2) is 17.5 Å². The summed E-state index contributed by atoms with van der Waals surface area (Å²) in [4.78, 5) is 11.7. The van der Waals surface area contributed by atoms with Gasteiger partial charge >= 0.3 is 0 Å². The Hall–Kier alpha value is -2.51. The van der Waals surface area contributed by atoms with Crippen molar-refractivity contribution < 1.29 is 17.6 Å². The fourth-order valence-electron chi connectivity index (χ4n) is 2.17. The SMILES string of the molecule is O=C(CCNS(=O)(=O)/C=C/c1ccccc1)NCCc1ccc(F)cc1. The van der Waals surface area contributed by atoms with Crippen LogP contribution < -0.4 is 10.0 Å². The molecule has 0 unspecified atom stereocenters. The lowest BCUT2D eigenvalue weighted by Gasteiger charge is -2.06. The molecule has 2 aromatic rings. The highest BCUT2D eigenvalue weighted by atomic mass is 32.2. The van der Waals surface area contributed by atoms with E-state index in [2.05, 4.69) is 10.0 Å². The van der Waals surface area contributed by atoms with Crippen LogP contribution in [0.25, 0.3) is 6.08 Å². The number of halogens is 1. The summed E-state index contributed by atoms with van der Waals surface area (Å²) < 4.78 is 38.9. The van der Waals surface area contributed by atoms with E-state index in [-0.39, 0.29) is 24.7 Å². The number of rotatable bonds is 9. The summed E-state index contributed by atoms with van der Waals surface area (Å²) >= 11 is 0. The second-order valence-corrected chi connectivity index (χ2v) is 7.28. The molecule has 0 saturated heterocycles. The molecule has 1 amide bonds. The molecule has 138 valence electrons. The molecule has 0 bridgehead atoms. The molecule has 0 fully saturated rings. The van der Waals surface area contributed by atoms with Crippen molar-refractivity contribution in [2.24, 2.45) is 0 Å². The monoisotopic (exact) mass is 376 g/mol. The highest BCUT2D eigenvalue weighted by Gasteiger charge is 2.07. The smallest absolute Gasteiger partial charge is 0.233 e. The molecule has 0 aliphatic carbocycles. The fourth-order valence-corrected chi connectivity index (χ4v) is 2.99. The van der Waals surface area contributed by atoms with E-state index < -0.39 is 10.0 Å². The number of benzene rings is 2. The molecule has 0 radical (unpaired) electrons. The van der Waals surface area contributed by atoms with Crippen molar-refractivity contribution in [1.29, 1.82) is 0 Å². The molecule has 5 nitrogen and oxygen atoms in total. The molecular formula is C19H21FN2O3S. The third kappa shape index (κ3) is 7.58. The number of carbonyl (C=O) groups is 1. The largest absolute Gasteiger partial charge is 0.356 e. The van der Waals surface area contributed by atoms with Crippen LogP contribution in [0.5, 0.6) is 0 Å². The van der Waals surface area contributed by atoms with Gasteiger partial charge in [0.1, 0.15) is 5.82 Å². The lowest BCUT2D eigenvalue weighted by molar-refractivity contribution is -0.120. The Morgan fingerprint density at radius 1 is 1.00 bits per heavy atom. The number of sulfonamides is 1. The van der Waals surface area contributed by atoms with Crippen LogP contribution in [0.1, 0.15) is 17.5 Å². The zero-order valence-electron chi connectivity index (χ0n) is 14.2. The summed E-state index contributed by atoms with van der Waals surface area (Å²) in [6.45, 7) is 0.426. The molecule has 0 aliphatic rings. The normalized spacial score (nSPS) is 11.6. The van der Waals surface area contributed by atoms with E-state index in [9.17, 15) is 17.6 Å². The van der Waals surface area contributed by atoms with Crippen LogP contribution in [0.3, 0.4) is 0 Å². The zero-order valence-corrected chi connectivity index (χ0v) is 15.0. The van der Waals surface area contributed by atoms with E-state index in [1.165, 1.54) is 18.2 Å². The van der Waals surface area contributed by atoms with Crippen molar-refractivity contribution in [3.05, 3.63) is 76.9 Å². The quantitative estimate of drug-likeness (QED) is 0.706. The summed E-state index contributed by atoms with van der Waals surface area (Å²) in [7, 11) is -3.59. The Labute approximate surface area is 153 Å². The van der Waals surface area contributed by atoms with Gasteiger partial charge in [0.15, 0.2) is 0 Å². The summed E-state index contributed by atoms with van der Waals surface area (Å²) in [5.41, 5.74) is 1.69. The van der Waals surface area contributed by atoms with Crippen LogP contribution in [-0.4, -0.2) is 27.4 Å². The van der Waals surface area contributed by atoms with Crippen LogP contribution in [0.2, 0.25) is 0 Å².